The third-order valence-corrected chi connectivity index (χ3v) is 2.60. The molecule has 82 valence electrons. The van der Waals surface area contributed by atoms with Gasteiger partial charge < -0.3 is 4.57 Å². The third kappa shape index (κ3) is 1.86. The van der Waals surface area contributed by atoms with Gasteiger partial charge in [0.25, 0.3) is 0 Å². The number of imidazole rings is 1. The Balaban J connectivity index is 2.55. The van der Waals surface area contributed by atoms with Crippen molar-refractivity contribution in [3.8, 4) is 6.07 Å². The number of halogens is 1. The minimum Gasteiger partial charge on any atom is -0.312 e. The van der Waals surface area contributed by atoms with Gasteiger partial charge in [0.15, 0.2) is 5.65 Å². The Hall–Kier alpha value is -1.60. The molecule has 0 aliphatic rings. The van der Waals surface area contributed by atoms with Gasteiger partial charge in [-0.1, -0.05) is 18.5 Å². The minimum absolute atomic E-state index is 0.461. The summed E-state index contributed by atoms with van der Waals surface area (Å²) >= 11 is 5.86. The molecule has 0 aliphatic carbocycles. The SMILES string of the molecule is CCc1nc2cc(Cl)cnc2n1CCC#N. The maximum atomic E-state index is 8.62. The molecule has 2 rings (SSSR count). The first-order valence-electron chi connectivity index (χ1n) is 5.14. The molecule has 0 saturated carbocycles. The monoisotopic (exact) mass is 234 g/mol. The number of nitriles is 1. The van der Waals surface area contributed by atoms with Crippen molar-refractivity contribution in [2.75, 3.05) is 0 Å². The normalized spacial score (nSPS) is 10.6. The number of aromatic nitrogens is 3. The molecule has 4 nitrogen and oxygen atoms in total. The molecule has 0 aliphatic heterocycles. The Bertz CT molecular complexity index is 553. The summed E-state index contributed by atoms with van der Waals surface area (Å²) in [7, 11) is 0. The number of pyridine rings is 1. The zero-order valence-electron chi connectivity index (χ0n) is 8.94. The highest BCUT2D eigenvalue weighted by atomic mass is 35.5. The Morgan fingerprint density at radius 2 is 2.38 bits per heavy atom. The second kappa shape index (κ2) is 4.50. The van der Waals surface area contributed by atoms with Gasteiger partial charge in [0.05, 0.1) is 17.5 Å². The Morgan fingerprint density at radius 1 is 1.56 bits per heavy atom. The van der Waals surface area contributed by atoms with Crippen LogP contribution in [0.1, 0.15) is 19.2 Å². The first kappa shape index (κ1) is 10.9. The minimum atomic E-state index is 0.461. The zero-order valence-corrected chi connectivity index (χ0v) is 9.70. The van der Waals surface area contributed by atoms with Crippen LogP contribution in [0.2, 0.25) is 5.02 Å². The molecule has 2 aromatic heterocycles. The van der Waals surface area contributed by atoms with Gasteiger partial charge in [0.1, 0.15) is 11.3 Å². The van der Waals surface area contributed by atoms with E-state index in [4.69, 9.17) is 16.9 Å². The van der Waals surface area contributed by atoms with E-state index in [1.54, 1.807) is 12.3 Å². The predicted molar refractivity (Wildman–Crippen MR) is 62.1 cm³/mol. The van der Waals surface area contributed by atoms with Crippen LogP contribution in [0.3, 0.4) is 0 Å². The molecule has 0 N–H and O–H groups in total. The molecule has 0 atom stereocenters. The van der Waals surface area contributed by atoms with E-state index in [2.05, 4.69) is 16.0 Å². The van der Waals surface area contributed by atoms with E-state index in [1.807, 2.05) is 11.5 Å². The summed E-state index contributed by atoms with van der Waals surface area (Å²) in [5.74, 6) is 0.944. The van der Waals surface area contributed by atoms with E-state index in [0.717, 1.165) is 23.4 Å². The van der Waals surface area contributed by atoms with Crippen molar-refractivity contribution >= 4 is 22.8 Å². The number of nitrogens with zero attached hydrogens (tertiary/aromatic N) is 4. The fraction of sp³-hybridized carbons (Fsp3) is 0.364. The third-order valence-electron chi connectivity index (χ3n) is 2.39. The molecule has 0 aromatic carbocycles. The molecule has 0 saturated heterocycles. The van der Waals surface area contributed by atoms with Crippen LogP contribution in [0, 0.1) is 11.3 Å². The van der Waals surface area contributed by atoms with Crippen LogP contribution in [0.4, 0.5) is 0 Å². The quantitative estimate of drug-likeness (QED) is 0.820. The number of fused-ring (bicyclic) bond motifs is 1. The maximum Gasteiger partial charge on any atom is 0.160 e. The molecule has 0 fully saturated rings. The van der Waals surface area contributed by atoms with Gasteiger partial charge in [-0.3, -0.25) is 0 Å². The Morgan fingerprint density at radius 3 is 3.06 bits per heavy atom. The molecule has 16 heavy (non-hydrogen) atoms. The lowest BCUT2D eigenvalue weighted by Crippen LogP contribution is -2.03. The van der Waals surface area contributed by atoms with E-state index in [1.165, 1.54) is 0 Å². The summed E-state index contributed by atoms with van der Waals surface area (Å²) in [6.07, 6.45) is 2.88. The molecule has 0 spiro atoms. The van der Waals surface area contributed by atoms with Crippen LogP contribution in [0.5, 0.6) is 0 Å². The van der Waals surface area contributed by atoms with Crippen LogP contribution in [0.15, 0.2) is 12.3 Å². The fourth-order valence-corrected chi connectivity index (χ4v) is 1.85. The highest BCUT2D eigenvalue weighted by molar-refractivity contribution is 6.31. The van der Waals surface area contributed by atoms with Crippen molar-refractivity contribution < 1.29 is 0 Å². The first-order chi connectivity index (χ1) is 7.76. The Kier molecular flexibility index (Phi) is 3.07. The van der Waals surface area contributed by atoms with Gasteiger partial charge in [-0.2, -0.15) is 5.26 Å². The van der Waals surface area contributed by atoms with Crippen LogP contribution in [-0.4, -0.2) is 14.5 Å². The van der Waals surface area contributed by atoms with Gasteiger partial charge >= 0.3 is 0 Å². The van der Waals surface area contributed by atoms with Crippen molar-refractivity contribution in [3.63, 3.8) is 0 Å². The van der Waals surface area contributed by atoms with Crippen LogP contribution in [-0.2, 0) is 13.0 Å². The van der Waals surface area contributed by atoms with E-state index in [0.29, 0.717) is 18.0 Å². The lowest BCUT2D eigenvalue weighted by molar-refractivity contribution is 0.684. The zero-order chi connectivity index (χ0) is 11.5. The second-order valence-corrected chi connectivity index (χ2v) is 3.87. The second-order valence-electron chi connectivity index (χ2n) is 3.44. The first-order valence-corrected chi connectivity index (χ1v) is 5.51. The summed E-state index contributed by atoms with van der Waals surface area (Å²) in [5, 5.41) is 9.20. The number of hydrogen-bond donors (Lipinski definition) is 0. The average molecular weight is 235 g/mol. The highest BCUT2D eigenvalue weighted by Crippen LogP contribution is 2.18. The van der Waals surface area contributed by atoms with E-state index in [9.17, 15) is 0 Å². The van der Waals surface area contributed by atoms with Gasteiger partial charge in [0, 0.05) is 19.2 Å². The standard InChI is InChI=1S/C11H11ClN4/c1-2-10-15-9-6-8(12)7-14-11(9)16(10)5-3-4-13/h6-7H,2-3,5H2,1H3. The molecule has 0 unspecified atom stereocenters. The van der Waals surface area contributed by atoms with E-state index >= 15 is 0 Å². The average Bonchev–Trinajstić information content (AvgIpc) is 2.63. The van der Waals surface area contributed by atoms with Gasteiger partial charge in [-0.05, 0) is 6.07 Å². The molecule has 2 heterocycles. The fourth-order valence-electron chi connectivity index (χ4n) is 1.70. The number of aryl methyl sites for hydroxylation is 2. The van der Waals surface area contributed by atoms with Gasteiger partial charge in [-0.15, -0.1) is 0 Å². The predicted octanol–water partition coefficient (Wildman–Crippen LogP) is 2.56. The summed E-state index contributed by atoms with van der Waals surface area (Å²) in [4.78, 5) is 8.71. The van der Waals surface area contributed by atoms with Crippen molar-refractivity contribution in [1.29, 1.82) is 5.26 Å². The molecule has 0 radical (unpaired) electrons. The summed E-state index contributed by atoms with van der Waals surface area (Å²) in [6.45, 7) is 2.66. The van der Waals surface area contributed by atoms with Crippen molar-refractivity contribution in [2.24, 2.45) is 0 Å². The number of hydrogen-bond acceptors (Lipinski definition) is 3. The topological polar surface area (TPSA) is 54.5 Å². The maximum absolute atomic E-state index is 8.62. The summed E-state index contributed by atoms with van der Waals surface area (Å²) in [6, 6.07) is 3.93. The van der Waals surface area contributed by atoms with Crippen LogP contribution in [0.25, 0.3) is 11.2 Å². The van der Waals surface area contributed by atoms with Crippen LogP contribution >= 0.6 is 11.6 Å². The van der Waals surface area contributed by atoms with E-state index in [-0.39, 0.29) is 0 Å². The summed E-state index contributed by atoms with van der Waals surface area (Å²) < 4.78 is 1.98. The molecular formula is C11H11ClN4. The van der Waals surface area contributed by atoms with Gasteiger partial charge in [-0.25, -0.2) is 9.97 Å². The lowest BCUT2D eigenvalue weighted by atomic mass is 10.4. The molecule has 5 heteroatoms. The van der Waals surface area contributed by atoms with Crippen molar-refractivity contribution in [3.05, 3.63) is 23.1 Å². The van der Waals surface area contributed by atoms with Gasteiger partial charge in [0.2, 0.25) is 0 Å². The molecule has 2 aromatic rings. The van der Waals surface area contributed by atoms with E-state index < -0.39 is 0 Å². The highest BCUT2D eigenvalue weighted by Gasteiger charge is 2.10. The number of rotatable bonds is 3. The van der Waals surface area contributed by atoms with Crippen LogP contribution < -0.4 is 0 Å². The van der Waals surface area contributed by atoms with Crippen molar-refractivity contribution in [2.45, 2.75) is 26.3 Å². The molecular weight excluding hydrogens is 224 g/mol. The lowest BCUT2D eigenvalue weighted by Gasteiger charge is -2.03. The largest absolute Gasteiger partial charge is 0.312 e. The molecule has 0 bridgehead atoms. The Labute approximate surface area is 98.5 Å². The smallest absolute Gasteiger partial charge is 0.160 e. The summed E-state index contributed by atoms with van der Waals surface area (Å²) in [5.41, 5.74) is 1.60. The van der Waals surface area contributed by atoms with Crippen molar-refractivity contribution in [1.82, 2.24) is 14.5 Å². The molecule has 0 amide bonds.